The van der Waals surface area contributed by atoms with Crippen LogP contribution >= 0.6 is 0 Å². The summed E-state index contributed by atoms with van der Waals surface area (Å²) in [5, 5.41) is 11.3. The summed E-state index contributed by atoms with van der Waals surface area (Å²) in [7, 11) is 0. The highest BCUT2D eigenvalue weighted by Gasteiger charge is 2.36. The van der Waals surface area contributed by atoms with Crippen LogP contribution in [0.3, 0.4) is 0 Å². The fourth-order valence-electron chi connectivity index (χ4n) is 2.80. The van der Waals surface area contributed by atoms with Crippen molar-refractivity contribution in [3.8, 4) is 22.5 Å². The molecule has 0 aliphatic heterocycles. The van der Waals surface area contributed by atoms with E-state index in [1.807, 2.05) is 0 Å². The molecule has 0 radical (unpaired) electrons. The third kappa shape index (κ3) is 4.20. The highest BCUT2D eigenvalue weighted by atomic mass is 19.4. The highest BCUT2D eigenvalue weighted by molar-refractivity contribution is 5.73. The minimum Gasteiger partial charge on any atom is -0.258 e. The standard InChI is InChI=1S/C19H10F6N2O2/c20-18(21,22)14-7-3-1-5-12(14)16-9-11(27(28)29)10-17(26-16)13-6-2-4-8-15(13)19(23,24)25/h1-10H. The number of pyridine rings is 1. The van der Waals surface area contributed by atoms with Gasteiger partial charge in [-0.1, -0.05) is 36.4 Å². The average Bonchev–Trinajstić information content (AvgIpc) is 2.66. The van der Waals surface area contributed by atoms with Crippen molar-refractivity contribution < 1.29 is 31.3 Å². The Bertz CT molecular complexity index is 1000. The Morgan fingerprint density at radius 3 is 1.45 bits per heavy atom. The molecule has 3 rings (SSSR count). The van der Waals surface area contributed by atoms with Crippen LogP contribution in [-0.4, -0.2) is 9.91 Å². The van der Waals surface area contributed by atoms with E-state index >= 15 is 0 Å². The second-order valence-electron chi connectivity index (χ2n) is 5.94. The number of hydrogen-bond donors (Lipinski definition) is 0. The number of alkyl halides is 6. The molecule has 0 spiro atoms. The molecule has 0 aliphatic rings. The lowest BCUT2D eigenvalue weighted by atomic mass is 10.00. The Hall–Kier alpha value is -3.43. The number of nitro groups is 1. The monoisotopic (exact) mass is 412 g/mol. The summed E-state index contributed by atoms with van der Waals surface area (Å²) in [6.07, 6.45) is -9.57. The van der Waals surface area contributed by atoms with Gasteiger partial charge in [-0.2, -0.15) is 26.3 Å². The van der Waals surface area contributed by atoms with E-state index in [0.29, 0.717) is 0 Å². The van der Waals surface area contributed by atoms with E-state index in [2.05, 4.69) is 4.98 Å². The molecule has 0 amide bonds. The minimum atomic E-state index is -4.78. The van der Waals surface area contributed by atoms with Crippen molar-refractivity contribution in [2.24, 2.45) is 0 Å². The third-order valence-electron chi connectivity index (χ3n) is 4.04. The molecule has 2 aromatic carbocycles. The smallest absolute Gasteiger partial charge is 0.258 e. The Morgan fingerprint density at radius 2 is 1.10 bits per heavy atom. The van der Waals surface area contributed by atoms with E-state index in [9.17, 15) is 36.5 Å². The Labute approximate surface area is 159 Å². The number of hydrogen-bond acceptors (Lipinski definition) is 3. The van der Waals surface area contributed by atoms with Crippen LogP contribution in [0.4, 0.5) is 32.0 Å². The molecule has 0 atom stereocenters. The molecule has 4 nitrogen and oxygen atoms in total. The van der Waals surface area contributed by atoms with Crippen molar-refractivity contribution in [1.82, 2.24) is 4.98 Å². The van der Waals surface area contributed by atoms with Crippen LogP contribution in [0.2, 0.25) is 0 Å². The zero-order valence-corrected chi connectivity index (χ0v) is 14.3. The van der Waals surface area contributed by atoms with Gasteiger partial charge in [0.25, 0.3) is 5.69 Å². The number of halogens is 6. The first-order chi connectivity index (χ1) is 13.5. The van der Waals surface area contributed by atoms with Crippen molar-refractivity contribution in [2.45, 2.75) is 12.4 Å². The van der Waals surface area contributed by atoms with Gasteiger partial charge in [-0.05, 0) is 12.1 Å². The Morgan fingerprint density at radius 1 is 0.724 bits per heavy atom. The molecule has 0 N–H and O–H groups in total. The van der Waals surface area contributed by atoms with Crippen LogP contribution < -0.4 is 0 Å². The van der Waals surface area contributed by atoms with Gasteiger partial charge in [0.1, 0.15) is 0 Å². The maximum absolute atomic E-state index is 13.3. The lowest BCUT2D eigenvalue weighted by molar-refractivity contribution is -0.384. The lowest BCUT2D eigenvalue weighted by Crippen LogP contribution is -2.09. The van der Waals surface area contributed by atoms with Gasteiger partial charge in [-0.3, -0.25) is 10.1 Å². The number of nitrogens with zero attached hydrogens (tertiary/aromatic N) is 2. The molecule has 0 fully saturated rings. The minimum absolute atomic E-state index is 0.459. The van der Waals surface area contributed by atoms with E-state index in [1.54, 1.807) is 0 Å². The third-order valence-corrected chi connectivity index (χ3v) is 4.04. The fourth-order valence-corrected chi connectivity index (χ4v) is 2.80. The van der Waals surface area contributed by atoms with Crippen LogP contribution in [0.15, 0.2) is 60.7 Å². The van der Waals surface area contributed by atoms with Gasteiger partial charge < -0.3 is 0 Å². The Kier molecular flexibility index (Phi) is 5.04. The molecule has 1 heterocycles. The molecule has 0 bridgehead atoms. The SMILES string of the molecule is O=[N+]([O-])c1cc(-c2ccccc2C(F)(F)F)nc(-c2ccccc2C(F)(F)F)c1. The molecule has 0 aliphatic carbocycles. The van der Waals surface area contributed by atoms with E-state index in [0.717, 1.165) is 48.5 Å². The molecular formula is C19H10F6N2O2. The van der Waals surface area contributed by atoms with E-state index in [1.165, 1.54) is 12.1 Å². The second-order valence-corrected chi connectivity index (χ2v) is 5.94. The quantitative estimate of drug-likeness (QED) is 0.286. The van der Waals surface area contributed by atoms with Gasteiger partial charge in [0.15, 0.2) is 0 Å². The largest absolute Gasteiger partial charge is 0.417 e. The average molecular weight is 412 g/mol. The molecule has 0 saturated carbocycles. The maximum atomic E-state index is 13.3. The Balaban J connectivity index is 2.31. The molecular weight excluding hydrogens is 402 g/mol. The number of benzene rings is 2. The van der Waals surface area contributed by atoms with Crippen molar-refractivity contribution in [3.05, 3.63) is 81.9 Å². The fraction of sp³-hybridized carbons (Fsp3) is 0.105. The summed E-state index contributed by atoms with van der Waals surface area (Å²) in [4.78, 5) is 14.3. The predicted octanol–water partition coefficient (Wildman–Crippen LogP) is 6.36. The van der Waals surface area contributed by atoms with E-state index < -0.39 is 56.6 Å². The van der Waals surface area contributed by atoms with Gasteiger partial charge >= 0.3 is 12.4 Å². The summed E-state index contributed by atoms with van der Waals surface area (Å²) >= 11 is 0. The summed E-state index contributed by atoms with van der Waals surface area (Å²) in [6, 6.07) is 10.0. The van der Waals surface area contributed by atoms with Crippen LogP contribution in [0.25, 0.3) is 22.5 Å². The number of rotatable bonds is 3. The van der Waals surface area contributed by atoms with Crippen molar-refractivity contribution in [1.29, 1.82) is 0 Å². The molecule has 3 aromatic rings. The lowest BCUT2D eigenvalue weighted by Gasteiger charge is -2.15. The van der Waals surface area contributed by atoms with Crippen LogP contribution in [-0.2, 0) is 12.4 Å². The predicted molar refractivity (Wildman–Crippen MR) is 91.8 cm³/mol. The van der Waals surface area contributed by atoms with E-state index in [4.69, 9.17) is 0 Å². The molecule has 10 heteroatoms. The zero-order chi connectivity index (χ0) is 21.4. The van der Waals surface area contributed by atoms with Crippen LogP contribution in [0.1, 0.15) is 11.1 Å². The first-order valence-corrected chi connectivity index (χ1v) is 7.98. The normalized spacial score (nSPS) is 12.1. The zero-order valence-electron chi connectivity index (χ0n) is 14.3. The first-order valence-electron chi connectivity index (χ1n) is 7.98. The van der Waals surface area contributed by atoms with Gasteiger partial charge in [-0.15, -0.1) is 0 Å². The molecule has 29 heavy (non-hydrogen) atoms. The number of aromatic nitrogens is 1. The summed E-state index contributed by atoms with van der Waals surface area (Å²) in [5.74, 6) is 0. The van der Waals surface area contributed by atoms with Gasteiger partial charge in [-0.25, -0.2) is 4.98 Å². The molecule has 0 saturated heterocycles. The van der Waals surface area contributed by atoms with Crippen molar-refractivity contribution in [3.63, 3.8) is 0 Å². The topological polar surface area (TPSA) is 56.0 Å². The van der Waals surface area contributed by atoms with Gasteiger partial charge in [0.05, 0.1) is 27.4 Å². The molecule has 1 aromatic heterocycles. The summed E-state index contributed by atoms with van der Waals surface area (Å²) in [6.45, 7) is 0. The van der Waals surface area contributed by atoms with Crippen molar-refractivity contribution >= 4 is 5.69 Å². The van der Waals surface area contributed by atoms with Gasteiger partial charge in [0.2, 0.25) is 0 Å². The molecule has 150 valence electrons. The second kappa shape index (κ2) is 7.19. The van der Waals surface area contributed by atoms with Crippen molar-refractivity contribution in [2.75, 3.05) is 0 Å². The summed E-state index contributed by atoms with van der Waals surface area (Å²) < 4.78 is 80.0. The molecule has 0 unspecified atom stereocenters. The van der Waals surface area contributed by atoms with Gasteiger partial charge in [0, 0.05) is 23.3 Å². The summed E-state index contributed by atoms with van der Waals surface area (Å²) in [5.41, 5.74) is -4.77. The highest BCUT2D eigenvalue weighted by Crippen LogP contribution is 2.40. The first kappa shape index (κ1) is 20.3. The van der Waals surface area contributed by atoms with Crippen LogP contribution in [0, 0.1) is 10.1 Å². The van der Waals surface area contributed by atoms with E-state index in [-0.39, 0.29) is 0 Å². The van der Waals surface area contributed by atoms with Crippen LogP contribution in [0.5, 0.6) is 0 Å². The maximum Gasteiger partial charge on any atom is 0.417 e.